The number of piperazine rings is 1. The van der Waals surface area contributed by atoms with Gasteiger partial charge in [0.1, 0.15) is 0 Å². The van der Waals surface area contributed by atoms with Crippen molar-refractivity contribution in [3.63, 3.8) is 0 Å². The monoisotopic (exact) mass is 358 g/mol. The van der Waals surface area contributed by atoms with E-state index in [2.05, 4.69) is 30.0 Å². The van der Waals surface area contributed by atoms with Gasteiger partial charge in [-0.3, -0.25) is 4.90 Å². The zero-order valence-corrected chi connectivity index (χ0v) is 16.0. The molecule has 0 N–H and O–H groups in total. The van der Waals surface area contributed by atoms with Crippen LogP contribution in [0.2, 0.25) is 0 Å². The zero-order valence-electron chi connectivity index (χ0n) is 15.2. The summed E-state index contributed by atoms with van der Waals surface area (Å²) >= 11 is 0. The predicted molar refractivity (Wildman–Crippen MR) is 101 cm³/mol. The number of aryl methyl sites for hydroxylation is 3. The molecule has 2 aromatic carbocycles. The summed E-state index contributed by atoms with van der Waals surface area (Å²) in [4.78, 5) is 2.78. The molecular weight excluding hydrogens is 332 g/mol. The fourth-order valence-corrected chi connectivity index (χ4v) is 5.01. The van der Waals surface area contributed by atoms with Crippen molar-refractivity contribution in [1.82, 2.24) is 9.21 Å². The van der Waals surface area contributed by atoms with Gasteiger partial charge < -0.3 is 0 Å². The molecule has 0 unspecified atom stereocenters. The van der Waals surface area contributed by atoms with Crippen LogP contribution in [0.15, 0.2) is 47.4 Å². The van der Waals surface area contributed by atoms with Crippen molar-refractivity contribution in [3.8, 4) is 0 Å². The minimum Gasteiger partial charge on any atom is -0.296 e. The molecule has 1 heterocycles. The van der Waals surface area contributed by atoms with E-state index in [1.54, 1.807) is 10.4 Å². The lowest BCUT2D eigenvalue weighted by Gasteiger charge is -2.34. The third kappa shape index (κ3) is 3.94. The highest BCUT2D eigenvalue weighted by molar-refractivity contribution is 7.89. The maximum atomic E-state index is 13.0. The standard InChI is InChI=1S/C20H26N2O2S/c1-16-8-9-18(3)20(14-16)25(23,24)22-12-10-21(11-13-22)15-19-7-5-4-6-17(19)2/h4-9,14H,10-13,15H2,1-3H3. The molecule has 134 valence electrons. The van der Waals surface area contributed by atoms with Gasteiger partial charge in [0, 0.05) is 32.7 Å². The summed E-state index contributed by atoms with van der Waals surface area (Å²) in [5.74, 6) is 0. The van der Waals surface area contributed by atoms with Crippen LogP contribution in [0.3, 0.4) is 0 Å². The Morgan fingerprint density at radius 1 is 0.880 bits per heavy atom. The molecule has 0 aromatic heterocycles. The van der Waals surface area contributed by atoms with Gasteiger partial charge in [-0.2, -0.15) is 4.31 Å². The van der Waals surface area contributed by atoms with E-state index >= 15 is 0 Å². The summed E-state index contributed by atoms with van der Waals surface area (Å²) < 4.78 is 27.6. The lowest BCUT2D eigenvalue weighted by Crippen LogP contribution is -2.48. The minimum atomic E-state index is -3.41. The average Bonchev–Trinajstić information content (AvgIpc) is 2.59. The van der Waals surface area contributed by atoms with Gasteiger partial charge in [0.25, 0.3) is 0 Å². The SMILES string of the molecule is Cc1ccc(C)c(S(=O)(=O)N2CCN(Cc3ccccc3C)CC2)c1. The van der Waals surface area contributed by atoms with Crippen LogP contribution in [0.5, 0.6) is 0 Å². The normalized spacial score (nSPS) is 16.9. The molecular formula is C20H26N2O2S. The minimum absolute atomic E-state index is 0.444. The van der Waals surface area contributed by atoms with Gasteiger partial charge >= 0.3 is 0 Å². The Morgan fingerprint density at radius 2 is 1.56 bits per heavy atom. The average molecular weight is 359 g/mol. The van der Waals surface area contributed by atoms with Gasteiger partial charge in [-0.15, -0.1) is 0 Å². The first-order valence-electron chi connectivity index (χ1n) is 8.72. The number of hydrogen-bond acceptors (Lipinski definition) is 3. The number of benzene rings is 2. The van der Waals surface area contributed by atoms with E-state index in [-0.39, 0.29) is 0 Å². The molecule has 2 aromatic rings. The quantitative estimate of drug-likeness (QED) is 0.843. The number of hydrogen-bond donors (Lipinski definition) is 0. The first kappa shape index (κ1) is 18.1. The van der Waals surface area contributed by atoms with Crippen LogP contribution in [0.4, 0.5) is 0 Å². The zero-order chi connectivity index (χ0) is 18.0. The molecule has 0 aliphatic carbocycles. The molecule has 25 heavy (non-hydrogen) atoms. The Kier molecular flexibility index (Phi) is 5.27. The third-order valence-corrected chi connectivity index (χ3v) is 6.99. The summed E-state index contributed by atoms with van der Waals surface area (Å²) in [5.41, 5.74) is 4.39. The summed E-state index contributed by atoms with van der Waals surface area (Å²) in [6.07, 6.45) is 0. The predicted octanol–water partition coefficient (Wildman–Crippen LogP) is 3.12. The Labute approximate surface area is 151 Å². The van der Waals surface area contributed by atoms with Crippen LogP contribution in [-0.2, 0) is 16.6 Å². The van der Waals surface area contributed by atoms with Crippen molar-refractivity contribution in [3.05, 3.63) is 64.7 Å². The van der Waals surface area contributed by atoms with E-state index in [1.807, 2.05) is 32.0 Å². The van der Waals surface area contributed by atoms with E-state index in [0.717, 1.165) is 30.8 Å². The van der Waals surface area contributed by atoms with Gasteiger partial charge in [-0.25, -0.2) is 8.42 Å². The van der Waals surface area contributed by atoms with Crippen LogP contribution < -0.4 is 0 Å². The molecule has 4 nitrogen and oxygen atoms in total. The number of nitrogens with zero attached hydrogens (tertiary/aromatic N) is 2. The van der Waals surface area contributed by atoms with E-state index in [1.165, 1.54) is 11.1 Å². The van der Waals surface area contributed by atoms with Crippen LogP contribution in [0.1, 0.15) is 22.3 Å². The van der Waals surface area contributed by atoms with Crippen LogP contribution >= 0.6 is 0 Å². The van der Waals surface area contributed by atoms with Crippen molar-refractivity contribution in [2.45, 2.75) is 32.2 Å². The van der Waals surface area contributed by atoms with Gasteiger partial charge in [0.2, 0.25) is 10.0 Å². The number of rotatable bonds is 4. The molecule has 1 aliphatic rings. The van der Waals surface area contributed by atoms with Crippen molar-refractivity contribution in [2.24, 2.45) is 0 Å². The van der Waals surface area contributed by atoms with Gasteiger partial charge in [-0.1, -0.05) is 36.4 Å². The highest BCUT2D eigenvalue weighted by Gasteiger charge is 2.29. The van der Waals surface area contributed by atoms with Crippen LogP contribution in [0, 0.1) is 20.8 Å². The van der Waals surface area contributed by atoms with Crippen LogP contribution in [-0.4, -0.2) is 43.8 Å². The maximum Gasteiger partial charge on any atom is 0.243 e. The lowest BCUT2D eigenvalue weighted by molar-refractivity contribution is 0.181. The maximum absolute atomic E-state index is 13.0. The van der Waals surface area contributed by atoms with Gasteiger partial charge in [0.05, 0.1) is 4.90 Å². The Bertz CT molecular complexity index is 854. The number of sulfonamides is 1. The Hall–Kier alpha value is -1.69. The van der Waals surface area contributed by atoms with Crippen molar-refractivity contribution >= 4 is 10.0 Å². The largest absolute Gasteiger partial charge is 0.296 e. The molecule has 1 saturated heterocycles. The summed E-state index contributed by atoms with van der Waals surface area (Å²) in [6, 6.07) is 14.0. The molecule has 1 aliphatic heterocycles. The van der Waals surface area contributed by atoms with Crippen molar-refractivity contribution < 1.29 is 8.42 Å². The van der Waals surface area contributed by atoms with E-state index in [4.69, 9.17) is 0 Å². The van der Waals surface area contributed by atoms with Gasteiger partial charge in [0.15, 0.2) is 0 Å². The highest BCUT2D eigenvalue weighted by atomic mass is 32.2. The van der Waals surface area contributed by atoms with Crippen molar-refractivity contribution in [1.29, 1.82) is 0 Å². The molecule has 0 radical (unpaired) electrons. The second kappa shape index (κ2) is 7.28. The van der Waals surface area contributed by atoms with E-state index < -0.39 is 10.0 Å². The molecule has 0 atom stereocenters. The first-order valence-corrected chi connectivity index (χ1v) is 10.2. The van der Waals surface area contributed by atoms with Crippen molar-refractivity contribution in [2.75, 3.05) is 26.2 Å². The molecule has 0 bridgehead atoms. The lowest BCUT2D eigenvalue weighted by atomic mass is 10.1. The van der Waals surface area contributed by atoms with Crippen LogP contribution in [0.25, 0.3) is 0 Å². The topological polar surface area (TPSA) is 40.6 Å². The molecule has 3 rings (SSSR count). The first-order chi connectivity index (χ1) is 11.9. The Balaban J connectivity index is 1.69. The summed E-state index contributed by atoms with van der Waals surface area (Å²) in [7, 11) is -3.41. The fraction of sp³-hybridized carbons (Fsp3) is 0.400. The van der Waals surface area contributed by atoms with E-state index in [9.17, 15) is 8.42 Å². The molecule has 1 fully saturated rings. The summed E-state index contributed by atoms with van der Waals surface area (Å²) in [5, 5.41) is 0. The molecule has 0 spiro atoms. The highest BCUT2D eigenvalue weighted by Crippen LogP contribution is 2.23. The Morgan fingerprint density at radius 3 is 2.24 bits per heavy atom. The second-order valence-corrected chi connectivity index (χ2v) is 8.78. The molecule has 0 amide bonds. The smallest absolute Gasteiger partial charge is 0.243 e. The van der Waals surface area contributed by atoms with E-state index in [0.29, 0.717) is 18.0 Å². The summed E-state index contributed by atoms with van der Waals surface area (Å²) in [6.45, 7) is 9.40. The molecule has 5 heteroatoms. The second-order valence-electron chi connectivity index (χ2n) is 6.88. The molecule has 0 saturated carbocycles. The third-order valence-electron chi connectivity index (χ3n) is 4.95. The van der Waals surface area contributed by atoms with Gasteiger partial charge in [-0.05, 0) is 49.1 Å². The fourth-order valence-electron chi connectivity index (χ4n) is 3.28.